The van der Waals surface area contributed by atoms with Crippen molar-refractivity contribution in [3.8, 4) is 28.4 Å². The second-order valence-electron chi connectivity index (χ2n) is 5.12. The first-order valence-corrected chi connectivity index (χ1v) is 8.65. The number of pyridine rings is 1. The molecule has 1 aromatic carbocycles. The quantitative estimate of drug-likeness (QED) is 0.799. The van der Waals surface area contributed by atoms with Crippen LogP contribution in [0.2, 0.25) is 0 Å². The smallest absolute Gasteiger partial charge is 0.142 e. The number of imidazole rings is 1. The van der Waals surface area contributed by atoms with E-state index in [0.29, 0.717) is 11.6 Å². The lowest BCUT2D eigenvalue weighted by Gasteiger charge is -2.07. The molecule has 0 saturated heterocycles. The van der Waals surface area contributed by atoms with Gasteiger partial charge in [-0.25, -0.2) is 4.98 Å². The van der Waals surface area contributed by atoms with E-state index >= 15 is 0 Å². The number of aromatic amines is 1. The zero-order valence-electron chi connectivity index (χ0n) is 13.2. The maximum atomic E-state index is 11.6. The van der Waals surface area contributed by atoms with Crippen molar-refractivity contribution in [1.29, 1.82) is 0 Å². The van der Waals surface area contributed by atoms with Crippen molar-refractivity contribution in [3.05, 3.63) is 48.4 Å². The molecule has 3 aromatic rings. The maximum absolute atomic E-state index is 11.6. The third-order valence-corrected chi connectivity index (χ3v) is 4.50. The minimum Gasteiger partial charge on any atom is -0.496 e. The highest BCUT2D eigenvalue weighted by atomic mass is 32.2. The maximum Gasteiger partial charge on any atom is 0.142 e. The van der Waals surface area contributed by atoms with Gasteiger partial charge in [-0.1, -0.05) is 0 Å². The van der Waals surface area contributed by atoms with Crippen molar-refractivity contribution in [3.63, 3.8) is 0 Å². The van der Waals surface area contributed by atoms with E-state index in [-0.39, 0.29) is 0 Å². The monoisotopic (exact) mass is 327 g/mol. The third kappa shape index (κ3) is 3.03. The van der Waals surface area contributed by atoms with Gasteiger partial charge in [-0.05, 0) is 37.3 Å². The number of nitrogens with zero attached hydrogens (tertiary/aromatic N) is 2. The summed E-state index contributed by atoms with van der Waals surface area (Å²) in [5, 5.41) is 0. The summed E-state index contributed by atoms with van der Waals surface area (Å²) in [6.45, 7) is 1.97. The summed E-state index contributed by atoms with van der Waals surface area (Å²) in [5.74, 6) is 1.36. The minimum atomic E-state index is -1.05. The Kier molecular flexibility index (Phi) is 4.25. The Morgan fingerprint density at radius 1 is 1.26 bits per heavy atom. The first kappa shape index (κ1) is 15.4. The number of rotatable bonds is 4. The first-order valence-electron chi connectivity index (χ1n) is 7.09. The van der Waals surface area contributed by atoms with Gasteiger partial charge in [-0.3, -0.25) is 9.19 Å². The normalized spacial score (nSPS) is 12.1. The molecule has 0 spiro atoms. The average Bonchev–Trinajstić information content (AvgIpc) is 2.96. The van der Waals surface area contributed by atoms with E-state index in [4.69, 9.17) is 4.74 Å². The second kappa shape index (κ2) is 6.34. The predicted octanol–water partition coefficient (Wildman–Crippen LogP) is 3.19. The van der Waals surface area contributed by atoms with Gasteiger partial charge in [-0.15, -0.1) is 0 Å². The SMILES string of the molecule is COc1cc(S(C)=O)ccc1-c1nc(-c2cccnc2)c(C)[nH]1. The van der Waals surface area contributed by atoms with Gasteiger partial charge in [0, 0.05) is 45.6 Å². The van der Waals surface area contributed by atoms with E-state index in [1.165, 1.54) is 0 Å². The van der Waals surface area contributed by atoms with E-state index in [9.17, 15) is 4.21 Å². The van der Waals surface area contributed by atoms with Crippen molar-refractivity contribution in [2.45, 2.75) is 11.8 Å². The molecule has 0 aliphatic heterocycles. The van der Waals surface area contributed by atoms with Crippen molar-refractivity contribution in [2.75, 3.05) is 13.4 Å². The fourth-order valence-electron chi connectivity index (χ4n) is 2.42. The largest absolute Gasteiger partial charge is 0.496 e. The molecule has 5 nitrogen and oxygen atoms in total. The van der Waals surface area contributed by atoms with Crippen LogP contribution in [0.4, 0.5) is 0 Å². The molecule has 0 aliphatic carbocycles. The van der Waals surface area contributed by atoms with Crippen molar-refractivity contribution in [2.24, 2.45) is 0 Å². The summed E-state index contributed by atoms with van der Waals surface area (Å²) in [5.41, 5.74) is 3.61. The van der Waals surface area contributed by atoms with Crippen LogP contribution in [0.25, 0.3) is 22.6 Å². The van der Waals surface area contributed by atoms with Crippen molar-refractivity contribution < 1.29 is 8.95 Å². The number of nitrogens with one attached hydrogen (secondary N) is 1. The Morgan fingerprint density at radius 2 is 2.09 bits per heavy atom. The lowest BCUT2D eigenvalue weighted by molar-refractivity contribution is 0.415. The third-order valence-electron chi connectivity index (χ3n) is 3.58. The fraction of sp³-hybridized carbons (Fsp3) is 0.176. The molecule has 23 heavy (non-hydrogen) atoms. The van der Waals surface area contributed by atoms with E-state index in [1.807, 2.05) is 31.2 Å². The number of hydrogen-bond donors (Lipinski definition) is 1. The highest BCUT2D eigenvalue weighted by Gasteiger charge is 2.15. The number of benzene rings is 1. The van der Waals surface area contributed by atoms with Crippen molar-refractivity contribution in [1.82, 2.24) is 15.0 Å². The average molecular weight is 327 g/mol. The lowest BCUT2D eigenvalue weighted by atomic mass is 10.2. The number of H-pyrrole nitrogens is 1. The van der Waals surface area contributed by atoms with Crippen LogP contribution >= 0.6 is 0 Å². The van der Waals surface area contributed by atoms with Crippen LogP contribution < -0.4 is 4.74 Å². The fourth-order valence-corrected chi connectivity index (χ4v) is 2.95. The number of aryl methyl sites for hydroxylation is 1. The molecule has 3 rings (SSSR count). The number of aromatic nitrogens is 3. The van der Waals surface area contributed by atoms with Crippen LogP contribution in [-0.2, 0) is 10.8 Å². The van der Waals surface area contributed by atoms with Crippen molar-refractivity contribution >= 4 is 10.8 Å². The molecule has 0 amide bonds. The van der Waals surface area contributed by atoms with Gasteiger partial charge in [0.05, 0.1) is 18.4 Å². The number of methoxy groups -OCH3 is 1. The Morgan fingerprint density at radius 3 is 2.74 bits per heavy atom. The molecule has 6 heteroatoms. The Hall–Kier alpha value is -2.47. The van der Waals surface area contributed by atoms with Crippen LogP contribution in [-0.4, -0.2) is 32.5 Å². The molecule has 2 aromatic heterocycles. The predicted molar refractivity (Wildman–Crippen MR) is 90.9 cm³/mol. The molecule has 0 aliphatic rings. The van der Waals surface area contributed by atoms with Gasteiger partial charge in [0.15, 0.2) is 0 Å². The van der Waals surface area contributed by atoms with Crippen LogP contribution in [0.15, 0.2) is 47.6 Å². The van der Waals surface area contributed by atoms with Gasteiger partial charge in [0.1, 0.15) is 11.6 Å². The summed E-state index contributed by atoms with van der Waals surface area (Å²) in [6, 6.07) is 9.35. The van der Waals surface area contributed by atoms with Crippen LogP contribution in [0.3, 0.4) is 0 Å². The molecular weight excluding hydrogens is 310 g/mol. The number of ether oxygens (including phenoxy) is 1. The van der Waals surface area contributed by atoms with E-state index in [1.54, 1.807) is 31.8 Å². The Labute approximate surface area is 137 Å². The Balaban J connectivity index is 2.08. The molecule has 0 radical (unpaired) electrons. The molecule has 0 bridgehead atoms. The summed E-state index contributed by atoms with van der Waals surface area (Å²) in [4.78, 5) is 12.8. The zero-order chi connectivity index (χ0) is 16.4. The second-order valence-corrected chi connectivity index (χ2v) is 6.50. The van der Waals surface area contributed by atoms with Crippen LogP contribution in [0.5, 0.6) is 5.75 Å². The first-order chi connectivity index (χ1) is 11.1. The van der Waals surface area contributed by atoms with Gasteiger partial charge in [-0.2, -0.15) is 0 Å². The molecule has 1 N–H and O–H groups in total. The summed E-state index contributed by atoms with van der Waals surface area (Å²) >= 11 is 0. The molecule has 1 unspecified atom stereocenters. The zero-order valence-corrected chi connectivity index (χ0v) is 14.0. The van der Waals surface area contributed by atoms with Gasteiger partial charge < -0.3 is 9.72 Å². The molecule has 1 atom stereocenters. The van der Waals surface area contributed by atoms with E-state index < -0.39 is 10.8 Å². The molecule has 2 heterocycles. The van der Waals surface area contributed by atoms with E-state index in [2.05, 4.69) is 15.0 Å². The van der Waals surface area contributed by atoms with Crippen LogP contribution in [0, 0.1) is 6.92 Å². The molecule has 118 valence electrons. The topological polar surface area (TPSA) is 67.9 Å². The summed E-state index contributed by atoms with van der Waals surface area (Å²) in [6.07, 6.45) is 5.17. The molecule has 0 fully saturated rings. The molecule has 0 saturated carbocycles. The summed E-state index contributed by atoms with van der Waals surface area (Å²) in [7, 11) is 0.543. The highest BCUT2D eigenvalue weighted by molar-refractivity contribution is 7.84. The van der Waals surface area contributed by atoms with Gasteiger partial charge in [0.2, 0.25) is 0 Å². The number of hydrogen-bond acceptors (Lipinski definition) is 4. The lowest BCUT2D eigenvalue weighted by Crippen LogP contribution is -1.93. The van der Waals surface area contributed by atoms with E-state index in [0.717, 1.165) is 27.4 Å². The molecular formula is C17H17N3O2S. The highest BCUT2D eigenvalue weighted by Crippen LogP contribution is 2.32. The standard InChI is InChI=1S/C17H17N3O2S/c1-11-16(12-5-4-8-18-10-12)20-17(19-11)14-7-6-13(23(3)21)9-15(14)22-2/h4-10H,1-3H3,(H,19,20). The minimum absolute atomic E-state index is 0.643. The van der Waals surface area contributed by atoms with Gasteiger partial charge in [0.25, 0.3) is 0 Å². The summed E-state index contributed by atoms with van der Waals surface area (Å²) < 4.78 is 17.1. The van der Waals surface area contributed by atoms with Gasteiger partial charge >= 0.3 is 0 Å². The van der Waals surface area contributed by atoms with Crippen LogP contribution in [0.1, 0.15) is 5.69 Å². The Bertz CT molecular complexity index is 860.